The number of aliphatic hydroxyl groups is 1. The highest BCUT2D eigenvalue weighted by Crippen LogP contribution is 2.24. The zero-order valence-electron chi connectivity index (χ0n) is 12.2. The summed E-state index contributed by atoms with van der Waals surface area (Å²) in [5.74, 6) is 0. The molecule has 0 amide bonds. The van der Waals surface area contributed by atoms with Crippen LogP contribution in [0.25, 0.3) is 0 Å². The molecule has 5 heteroatoms. The molecule has 0 aliphatic rings. The highest BCUT2D eigenvalue weighted by molar-refractivity contribution is 7.89. The molecule has 0 aromatic heterocycles. The number of sulfonamides is 1. The second-order valence-electron chi connectivity index (χ2n) is 5.83. The van der Waals surface area contributed by atoms with Gasteiger partial charge < -0.3 is 5.11 Å². The molecule has 1 rings (SSSR count). The molecule has 0 saturated heterocycles. The van der Waals surface area contributed by atoms with E-state index in [0.29, 0.717) is 0 Å². The number of likely N-dealkylation sites (N-methyl/N-ethyl adjacent to an activating group) is 1. The number of hydrogen-bond acceptors (Lipinski definition) is 3. The van der Waals surface area contributed by atoms with Crippen molar-refractivity contribution >= 4 is 10.0 Å². The van der Waals surface area contributed by atoms with Gasteiger partial charge in [-0.2, -0.15) is 4.31 Å². The Balaban J connectivity index is 3.10. The van der Waals surface area contributed by atoms with Gasteiger partial charge >= 0.3 is 0 Å². The zero-order valence-corrected chi connectivity index (χ0v) is 13.0. The van der Waals surface area contributed by atoms with Crippen LogP contribution in [0.4, 0.5) is 0 Å². The third-order valence-electron chi connectivity index (χ3n) is 3.28. The van der Waals surface area contributed by atoms with Gasteiger partial charge in [0.05, 0.1) is 11.5 Å². The van der Waals surface area contributed by atoms with E-state index in [-0.39, 0.29) is 16.9 Å². The van der Waals surface area contributed by atoms with Crippen LogP contribution in [0.15, 0.2) is 29.2 Å². The van der Waals surface area contributed by atoms with Crippen molar-refractivity contribution in [2.75, 3.05) is 13.7 Å². The summed E-state index contributed by atoms with van der Waals surface area (Å²) in [6.07, 6.45) is 0. The van der Waals surface area contributed by atoms with Crippen LogP contribution in [-0.4, -0.2) is 37.5 Å². The third-order valence-corrected chi connectivity index (χ3v) is 5.27. The minimum Gasteiger partial charge on any atom is -0.395 e. The van der Waals surface area contributed by atoms with Crippen LogP contribution in [-0.2, 0) is 15.4 Å². The molecule has 0 heterocycles. The van der Waals surface area contributed by atoms with E-state index in [9.17, 15) is 8.42 Å². The Kier molecular flexibility index (Phi) is 4.76. The van der Waals surface area contributed by atoms with E-state index in [1.807, 2.05) is 12.1 Å². The standard InChI is InChI=1S/C14H23NO3S/c1-11(10-16)15(5)19(17,18)13-8-6-12(7-9-13)14(2,3)4/h6-9,11,16H,10H2,1-5H3. The maximum Gasteiger partial charge on any atom is 0.243 e. The molecule has 0 aliphatic carbocycles. The van der Waals surface area contributed by atoms with Crippen molar-refractivity contribution in [3.63, 3.8) is 0 Å². The number of nitrogens with zero attached hydrogens (tertiary/aromatic N) is 1. The Morgan fingerprint density at radius 1 is 1.21 bits per heavy atom. The van der Waals surface area contributed by atoms with Gasteiger partial charge in [0, 0.05) is 13.1 Å². The Morgan fingerprint density at radius 2 is 1.68 bits per heavy atom. The second-order valence-corrected chi connectivity index (χ2v) is 7.82. The molecule has 1 aromatic carbocycles. The van der Waals surface area contributed by atoms with Gasteiger partial charge in [-0.1, -0.05) is 32.9 Å². The van der Waals surface area contributed by atoms with Crippen LogP contribution in [0.1, 0.15) is 33.3 Å². The van der Waals surface area contributed by atoms with Crippen LogP contribution in [0.2, 0.25) is 0 Å². The summed E-state index contributed by atoms with van der Waals surface area (Å²) in [6.45, 7) is 7.71. The van der Waals surface area contributed by atoms with Gasteiger partial charge in [-0.15, -0.1) is 0 Å². The maximum atomic E-state index is 12.3. The van der Waals surface area contributed by atoms with E-state index in [2.05, 4.69) is 20.8 Å². The molecule has 0 saturated carbocycles. The largest absolute Gasteiger partial charge is 0.395 e. The van der Waals surface area contributed by atoms with Gasteiger partial charge in [0.1, 0.15) is 0 Å². The number of hydrogen-bond donors (Lipinski definition) is 1. The summed E-state index contributed by atoms with van der Waals surface area (Å²) >= 11 is 0. The Bertz CT molecular complexity index is 515. The fourth-order valence-corrected chi connectivity index (χ4v) is 3.00. The monoisotopic (exact) mass is 285 g/mol. The van der Waals surface area contributed by atoms with Gasteiger partial charge in [-0.25, -0.2) is 8.42 Å². The summed E-state index contributed by atoms with van der Waals surface area (Å²) in [6, 6.07) is 6.48. The molecule has 0 spiro atoms. The molecule has 1 atom stereocenters. The molecule has 1 unspecified atom stereocenters. The lowest BCUT2D eigenvalue weighted by molar-refractivity contribution is 0.214. The predicted molar refractivity (Wildman–Crippen MR) is 76.6 cm³/mol. The van der Waals surface area contributed by atoms with Crippen LogP contribution in [0.5, 0.6) is 0 Å². The van der Waals surface area contributed by atoms with Crippen LogP contribution < -0.4 is 0 Å². The van der Waals surface area contributed by atoms with Crippen molar-refractivity contribution in [3.05, 3.63) is 29.8 Å². The minimum absolute atomic E-state index is 0.00736. The van der Waals surface area contributed by atoms with Gasteiger partial charge in [0.2, 0.25) is 10.0 Å². The fraction of sp³-hybridized carbons (Fsp3) is 0.571. The van der Waals surface area contributed by atoms with Crippen LogP contribution >= 0.6 is 0 Å². The number of rotatable bonds is 4. The van der Waals surface area contributed by atoms with Crippen molar-refractivity contribution < 1.29 is 13.5 Å². The van der Waals surface area contributed by atoms with Crippen molar-refractivity contribution in [2.45, 2.75) is 44.0 Å². The van der Waals surface area contributed by atoms with E-state index in [1.54, 1.807) is 19.1 Å². The summed E-state index contributed by atoms with van der Waals surface area (Å²) < 4.78 is 25.8. The third kappa shape index (κ3) is 3.55. The van der Waals surface area contributed by atoms with Crippen LogP contribution in [0.3, 0.4) is 0 Å². The molecule has 108 valence electrons. The average Bonchev–Trinajstić information content (AvgIpc) is 2.36. The lowest BCUT2D eigenvalue weighted by atomic mass is 9.87. The number of aliphatic hydroxyl groups excluding tert-OH is 1. The lowest BCUT2D eigenvalue weighted by Crippen LogP contribution is -2.37. The summed E-state index contributed by atoms with van der Waals surface area (Å²) in [7, 11) is -2.06. The number of benzene rings is 1. The van der Waals surface area contributed by atoms with Gasteiger partial charge in [-0.3, -0.25) is 0 Å². The summed E-state index contributed by atoms with van der Waals surface area (Å²) in [4.78, 5) is 0.253. The first-order valence-corrected chi connectivity index (χ1v) is 7.74. The normalized spacial score (nSPS) is 14.7. The first-order valence-electron chi connectivity index (χ1n) is 6.30. The molecule has 1 N–H and O–H groups in total. The van der Waals surface area contributed by atoms with Gasteiger partial charge in [-0.05, 0) is 30.0 Å². The molecule has 0 fully saturated rings. The second kappa shape index (κ2) is 5.61. The zero-order chi connectivity index (χ0) is 14.8. The van der Waals surface area contributed by atoms with Crippen LogP contribution in [0, 0.1) is 0 Å². The molecule has 0 bridgehead atoms. The Morgan fingerprint density at radius 3 is 2.05 bits per heavy atom. The lowest BCUT2D eigenvalue weighted by Gasteiger charge is -2.23. The molecule has 0 aliphatic heterocycles. The molecular weight excluding hydrogens is 262 g/mol. The van der Waals surface area contributed by atoms with Crippen molar-refractivity contribution in [3.8, 4) is 0 Å². The van der Waals surface area contributed by atoms with E-state index >= 15 is 0 Å². The maximum absolute atomic E-state index is 12.3. The van der Waals surface area contributed by atoms with Gasteiger partial charge in [0.25, 0.3) is 0 Å². The Hall–Kier alpha value is -0.910. The van der Waals surface area contributed by atoms with E-state index in [1.165, 1.54) is 11.4 Å². The molecule has 1 aromatic rings. The van der Waals surface area contributed by atoms with Crippen molar-refractivity contribution in [1.29, 1.82) is 0 Å². The summed E-state index contributed by atoms with van der Waals surface area (Å²) in [5.41, 5.74) is 1.08. The average molecular weight is 285 g/mol. The topological polar surface area (TPSA) is 57.6 Å². The quantitative estimate of drug-likeness (QED) is 0.920. The first-order chi connectivity index (χ1) is 8.60. The Labute approximate surface area is 116 Å². The molecule has 0 radical (unpaired) electrons. The molecule has 19 heavy (non-hydrogen) atoms. The van der Waals surface area contributed by atoms with Crippen molar-refractivity contribution in [1.82, 2.24) is 4.31 Å². The fourth-order valence-electron chi connectivity index (χ4n) is 1.65. The SMILES string of the molecule is CC(CO)N(C)S(=O)(=O)c1ccc(C(C)(C)C)cc1. The van der Waals surface area contributed by atoms with Crippen molar-refractivity contribution in [2.24, 2.45) is 0 Å². The molecule has 4 nitrogen and oxygen atoms in total. The van der Waals surface area contributed by atoms with Gasteiger partial charge in [0.15, 0.2) is 0 Å². The smallest absolute Gasteiger partial charge is 0.243 e. The highest BCUT2D eigenvalue weighted by Gasteiger charge is 2.25. The molecular formula is C14H23NO3S. The predicted octanol–water partition coefficient (Wildman–Crippen LogP) is 1.99. The van der Waals surface area contributed by atoms with E-state index < -0.39 is 16.1 Å². The van der Waals surface area contributed by atoms with E-state index in [0.717, 1.165) is 5.56 Å². The highest BCUT2D eigenvalue weighted by atomic mass is 32.2. The first kappa shape index (κ1) is 16.1. The minimum atomic E-state index is -3.54. The van der Waals surface area contributed by atoms with E-state index in [4.69, 9.17) is 5.11 Å². The summed E-state index contributed by atoms with van der Waals surface area (Å²) in [5, 5.41) is 9.06.